The van der Waals surface area contributed by atoms with Crippen molar-refractivity contribution in [3.05, 3.63) is 42.5 Å². The molecule has 1 amide bonds. The van der Waals surface area contributed by atoms with Crippen LogP contribution in [0, 0.1) is 0 Å². The highest BCUT2D eigenvalue weighted by Crippen LogP contribution is 2.29. The second-order valence-electron chi connectivity index (χ2n) is 6.10. The second kappa shape index (κ2) is 8.51. The Kier molecular flexibility index (Phi) is 6.11. The van der Waals surface area contributed by atoms with Crippen molar-refractivity contribution in [2.75, 3.05) is 22.5 Å². The molecule has 5 nitrogen and oxygen atoms in total. The number of carbonyl (C=O) groups excluding carboxylic acids is 1. The molecule has 0 aliphatic heterocycles. The zero-order valence-electron chi connectivity index (χ0n) is 15.1. The van der Waals surface area contributed by atoms with Gasteiger partial charge in [0.15, 0.2) is 4.34 Å². The van der Waals surface area contributed by atoms with E-state index in [1.165, 1.54) is 23.1 Å². The maximum atomic E-state index is 12.8. The van der Waals surface area contributed by atoms with Crippen molar-refractivity contribution in [1.82, 2.24) is 10.2 Å². The molecule has 2 aromatic carbocycles. The second-order valence-corrected chi connectivity index (χ2v) is 8.30. The Balaban J connectivity index is 1.72. The monoisotopic (exact) mass is 386 g/mol. The number of rotatable bonds is 7. The van der Waals surface area contributed by atoms with Crippen LogP contribution in [0.5, 0.6) is 0 Å². The first-order valence-electron chi connectivity index (χ1n) is 8.59. The van der Waals surface area contributed by atoms with E-state index >= 15 is 0 Å². The van der Waals surface area contributed by atoms with Crippen molar-refractivity contribution in [1.29, 1.82) is 0 Å². The summed E-state index contributed by atoms with van der Waals surface area (Å²) < 4.78 is 0.801. The highest BCUT2D eigenvalue weighted by Gasteiger charge is 2.17. The van der Waals surface area contributed by atoms with Crippen LogP contribution >= 0.6 is 23.1 Å². The third-order valence-electron chi connectivity index (χ3n) is 3.81. The van der Waals surface area contributed by atoms with Crippen molar-refractivity contribution < 1.29 is 4.79 Å². The largest absolute Gasteiger partial charge is 0.358 e. The van der Waals surface area contributed by atoms with Gasteiger partial charge < -0.3 is 10.2 Å². The maximum absolute atomic E-state index is 12.8. The first kappa shape index (κ1) is 18.7. The molecule has 0 atom stereocenters. The van der Waals surface area contributed by atoms with Gasteiger partial charge in [0.2, 0.25) is 11.0 Å². The molecule has 0 spiro atoms. The Labute approximate surface area is 161 Å². The number of hydrogen-bond acceptors (Lipinski definition) is 6. The lowest BCUT2D eigenvalue weighted by atomic mass is 10.1. The molecule has 3 rings (SSSR count). The van der Waals surface area contributed by atoms with Crippen LogP contribution in [-0.4, -0.2) is 34.4 Å². The van der Waals surface area contributed by atoms with E-state index in [4.69, 9.17) is 0 Å². The van der Waals surface area contributed by atoms with Crippen LogP contribution in [0.25, 0.3) is 10.8 Å². The summed E-state index contributed by atoms with van der Waals surface area (Å²) in [6.45, 7) is 6.74. The van der Waals surface area contributed by atoms with E-state index in [1.807, 2.05) is 36.1 Å². The quantitative estimate of drug-likeness (QED) is 0.599. The highest BCUT2D eigenvalue weighted by molar-refractivity contribution is 8.01. The first-order valence-corrected chi connectivity index (χ1v) is 10.4. The molecule has 0 aliphatic carbocycles. The molecule has 0 saturated heterocycles. The Morgan fingerprint density at radius 1 is 1.19 bits per heavy atom. The van der Waals surface area contributed by atoms with Gasteiger partial charge >= 0.3 is 0 Å². The number of amides is 1. The molecule has 0 bridgehead atoms. The van der Waals surface area contributed by atoms with Crippen molar-refractivity contribution in [2.24, 2.45) is 0 Å². The fraction of sp³-hybridized carbons (Fsp3) is 0.316. The SMILES string of the molecule is CCN(C(=O)CSc1nnc(NC(C)C)s1)c1cccc2ccccc12. The highest BCUT2D eigenvalue weighted by atomic mass is 32.2. The van der Waals surface area contributed by atoms with Gasteiger partial charge in [-0.1, -0.05) is 59.5 Å². The summed E-state index contributed by atoms with van der Waals surface area (Å²) >= 11 is 2.91. The average Bonchev–Trinajstić information content (AvgIpc) is 3.07. The van der Waals surface area contributed by atoms with Gasteiger partial charge in [0, 0.05) is 18.0 Å². The zero-order chi connectivity index (χ0) is 18.5. The summed E-state index contributed by atoms with van der Waals surface area (Å²) in [7, 11) is 0. The predicted molar refractivity (Wildman–Crippen MR) is 111 cm³/mol. The molecule has 1 heterocycles. The van der Waals surface area contributed by atoms with Crippen molar-refractivity contribution in [3.8, 4) is 0 Å². The van der Waals surface area contributed by atoms with Crippen LogP contribution in [0.1, 0.15) is 20.8 Å². The number of carbonyl (C=O) groups is 1. The number of aromatic nitrogens is 2. The summed E-state index contributed by atoms with van der Waals surface area (Å²) in [6, 6.07) is 14.5. The van der Waals surface area contributed by atoms with Crippen molar-refractivity contribution >= 4 is 50.6 Å². The van der Waals surface area contributed by atoms with E-state index in [2.05, 4.69) is 47.6 Å². The Bertz CT molecular complexity index is 889. The lowest BCUT2D eigenvalue weighted by Crippen LogP contribution is -2.32. The van der Waals surface area contributed by atoms with Crippen molar-refractivity contribution in [2.45, 2.75) is 31.2 Å². The summed E-state index contributed by atoms with van der Waals surface area (Å²) in [5.74, 6) is 0.412. The number of benzene rings is 2. The number of nitrogens with zero attached hydrogens (tertiary/aromatic N) is 3. The third kappa shape index (κ3) is 4.34. The summed E-state index contributed by atoms with van der Waals surface area (Å²) in [5.41, 5.74) is 0.954. The molecule has 136 valence electrons. The number of fused-ring (bicyclic) bond motifs is 1. The van der Waals surface area contributed by atoms with Crippen LogP contribution in [0.3, 0.4) is 0 Å². The fourth-order valence-electron chi connectivity index (χ4n) is 2.70. The molecule has 0 aliphatic rings. The van der Waals surface area contributed by atoms with Crippen LogP contribution in [0.2, 0.25) is 0 Å². The number of anilines is 2. The zero-order valence-corrected chi connectivity index (χ0v) is 16.7. The molecule has 7 heteroatoms. The van der Waals surface area contributed by atoms with Gasteiger partial charge in [0.1, 0.15) is 0 Å². The average molecular weight is 387 g/mol. The van der Waals surface area contributed by atoms with E-state index in [0.717, 1.165) is 25.9 Å². The van der Waals surface area contributed by atoms with Gasteiger partial charge in [-0.3, -0.25) is 4.79 Å². The van der Waals surface area contributed by atoms with Gasteiger partial charge in [0.05, 0.1) is 11.4 Å². The first-order chi connectivity index (χ1) is 12.6. The van der Waals surface area contributed by atoms with E-state index in [0.29, 0.717) is 18.3 Å². The molecule has 1 N–H and O–H groups in total. The summed E-state index contributed by atoms with van der Waals surface area (Å²) in [6.07, 6.45) is 0. The fourth-order valence-corrected chi connectivity index (χ4v) is 4.47. The summed E-state index contributed by atoms with van der Waals surface area (Å²) in [5, 5.41) is 14.5. The topological polar surface area (TPSA) is 58.1 Å². The van der Waals surface area contributed by atoms with E-state index in [9.17, 15) is 4.79 Å². The van der Waals surface area contributed by atoms with Gasteiger partial charge in [-0.25, -0.2) is 0 Å². The lowest BCUT2D eigenvalue weighted by Gasteiger charge is -2.22. The molecule has 0 saturated carbocycles. The van der Waals surface area contributed by atoms with Crippen LogP contribution in [0.15, 0.2) is 46.8 Å². The standard InChI is InChI=1S/C19H22N4OS2/c1-4-23(16-11-7-9-14-8-5-6-10-15(14)16)17(24)12-25-19-22-21-18(26-19)20-13(2)3/h5-11,13H,4,12H2,1-3H3,(H,20,21). The molecular formula is C19H22N4OS2. The molecule has 0 fully saturated rings. The third-order valence-corrected chi connectivity index (χ3v) is 5.78. The van der Waals surface area contributed by atoms with Gasteiger partial charge in [-0.15, -0.1) is 10.2 Å². The number of nitrogens with one attached hydrogen (secondary N) is 1. The minimum atomic E-state index is 0.0717. The maximum Gasteiger partial charge on any atom is 0.237 e. The molecule has 0 radical (unpaired) electrons. The Hall–Kier alpha value is -2.12. The Morgan fingerprint density at radius 2 is 1.96 bits per heavy atom. The smallest absolute Gasteiger partial charge is 0.237 e. The number of thioether (sulfide) groups is 1. The minimum Gasteiger partial charge on any atom is -0.358 e. The van der Waals surface area contributed by atoms with Crippen LogP contribution in [-0.2, 0) is 4.79 Å². The van der Waals surface area contributed by atoms with Gasteiger partial charge in [-0.2, -0.15) is 0 Å². The molecule has 3 aromatic rings. The molecule has 26 heavy (non-hydrogen) atoms. The lowest BCUT2D eigenvalue weighted by molar-refractivity contribution is -0.116. The molecular weight excluding hydrogens is 364 g/mol. The van der Waals surface area contributed by atoms with Gasteiger partial charge in [-0.05, 0) is 32.2 Å². The predicted octanol–water partition coefficient (Wildman–Crippen LogP) is 4.66. The molecule has 1 aromatic heterocycles. The molecule has 0 unspecified atom stereocenters. The van der Waals surface area contributed by atoms with Crippen LogP contribution in [0.4, 0.5) is 10.8 Å². The van der Waals surface area contributed by atoms with E-state index in [-0.39, 0.29) is 5.91 Å². The summed E-state index contributed by atoms with van der Waals surface area (Å²) in [4.78, 5) is 14.7. The van der Waals surface area contributed by atoms with E-state index < -0.39 is 0 Å². The van der Waals surface area contributed by atoms with E-state index in [1.54, 1.807) is 0 Å². The minimum absolute atomic E-state index is 0.0717. The van der Waals surface area contributed by atoms with Gasteiger partial charge in [0.25, 0.3) is 0 Å². The Morgan fingerprint density at radius 3 is 2.73 bits per heavy atom. The normalized spacial score (nSPS) is 11.1. The van der Waals surface area contributed by atoms with Crippen LogP contribution < -0.4 is 10.2 Å². The number of hydrogen-bond donors (Lipinski definition) is 1. The van der Waals surface area contributed by atoms with Crippen molar-refractivity contribution in [3.63, 3.8) is 0 Å².